The summed E-state index contributed by atoms with van der Waals surface area (Å²) in [5.41, 5.74) is 1.36. The molecule has 2 aromatic carbocycles. The molecule has 0 aliphatic carbocycles. The Morgan fingerprint density at radius 1 is 1.11 bits per heavy atom. The lowest BCUT2D eigenvalue weighted by atomic mass is 10.1. The molecule has 8 heteroatoms. The zero-order chi connectivity index (χ0) is 19.0. The SMILES string of the molecule is O=C(CCN1C(=O)c2ccccc2C1=O)OCc1cc(Cl)c2c(c1)OCO2. The van der Waals surface area contributed by atoms with Crippen molar-refractivity contribution in [3.05, 3.63) is 58.1 Å². The predicted molar refractivity (Wildman–Crippen MR) is 93.8 cm³/mol. The minimum Gasteiger partial charge on any atom is -0.461 e. The van der Waals surface area contributed by atoms with Crippen LogP contribution in [-0.4, -0.2) is 36.0 Å². The van der Waals surface area contributed by atoms with Gasteiger partial charge in [0.1, 0.15) is 6.61 Å². The van der Waals surface area contributed by atoms with Gasteiger partial charge in [-0.2, -0.15) is 0 Å². The molecule has 7 nitrogen and oxygen atoms in total. The highest BCUT2D eigenvalue weighted by atomic mass is 35.5. The summed E-state index contributed by atoms with van der Waals surface area (Å²) in [4.78, 5) is 37.6. The van der Waals surface area contributed by atoms with Crippen LogP contribution in [0.4, 0.5) is 0 Å². The molecule has 0 aromatic heterocycles. The van der Waals surface area contributed by atoms with Crippen LogP contribution in [0.5, 0.6) is 11.5 Å². The highest BCUT2D eigenvalue weighted by molar-refractivity contribution is 6.32. The molecule has 0 spiro atoms. The van der Waals surface area contributed by atoms with Crippen LogP contribution in [0.1, 0.15) is 32.7 Å². The first-order chi connectivity index (χ1) is 13.0. The number of rotatable bonds is 5. The van der Waals surface area contributed by atoms with Gasteiger partial charge in [0.25, 0.3) is 11.8 Å². The van der Waals surface area contributed by atoms with Crippen molar-refractivity contribution in [1.29, 1.82) is 0 Å². The van der Waals surface area contributed by atoms with E-state index in [0.29, 0.717) is 33.2 Å². The van der Waals surface area contributed by atoms with Crippen LogP contribution >= 0.6 is 11.6 Å². The summed E-state index contributed by atoms with van der Waals surface area (Å²) in [5, 5.41) is 0.377. The monoisotopic (exact) mass is 387 g/mol. The van der Waals surface area contributed by atoms with Gasteiger partial charge in [-0.25, -0.2) is 0 Å². The maximum absolute atomic E-state index is 12.3. The number of imide groups is 1. The quantitative estimate of drug-likeness (QED) is 0.579. The van der Waals surface area contributed by atoms with Crippen LogP contribution in [-0.2, 0) is 16.1 Å². The lowest BCUT2D eigenvalue weighted by molar-refractivity contribution is -0.145. The van der Waals surface area contributed by atoms with Crippen LogP contribution in [0.2, 0.25) is 5.02 Å². The number of hydrogen-bond donors (Lipinski definition) is 0. The van der Waals surface area contributed by atoms with E-state index in [9.17, 15) is 14.4 Å². The molecule has 0 radical (unpaired) electrons. The van der Waals surface area contributed by atoms with Crippen molar-refractivity contribution < 1.29 is 28.6 Å². The number of benzene rings is 2. The first kappa shape index (κ1) is 17.4. The summed E-state index contributed by atoms with van der Waals surface area (Å²) in [6.45, 7) is 0.0585. The van der Waals surface area contributed by atoms with Gasteiger partial charge in [0.2, 0.25) is 6.79 Å². The highest BCUT2D eigenvalue weighted by Crippen LogP contribution is 2.39. The van der Waals surface area contributed by atoms with Crippen LogP contribution in [0.25, 0.3) is 0 Å². The summed E-state index contributed by atoms with van der Waals surface area (Å²) in [5.74, 6) is -0.353. The third-order valence-electron chi connectivity index (χ3n) is 4.30. The molecule has 2 aliphatic rings. The van der Waals surface area contributed by atoms with Crippen molar-refractivity contribution >= 4 is 29.4 Å². The van der Waals surface area contributed by atoms with E-state index in [1.165, 1.54) is 0 Å². The van der Waals surface area contributed by atoms with Crippen molar-refractivity contribution in [1.82, 2.24) is 4.90 Å². The third-order valence-corrected chi connectivity index (χ3v) is 4.59. The fraction of sp³-hybridized carbons (Fsp3) is 0.211. The van der Waals surface area contributed by atoms with Gasteiger partial charge in [0.15, 0.2) is 11.5 Å². The van der Waals surface area contributed by atoms with Gasteiger partial charge in [0.05, 0.1) is 22.6 Å². The number of amides is 2. The molecule has 0 fully saturated rings. The van der Waals surface area contributed by atoms with E-state index in [0.717, 1.165) is 4.90 Å². The Morgan fingerprint density at radius 2 is 1.81 bits per heavy atom. The Bertz CT molecular complexity index is 922. The van der Waals surface area contributed by atoms with Crippen molar-refractivity contribution in [3.63, 3.8) is 0 Å². The van der Waals surface area contributed by atoms with Crippen LogP contribution < -0.4 is 9.47 Å². The molecule has 2 aliphatic heterocycles. The second kappa shape index (κ2) is 6.92. The summed E-state index contributed by atoms with van der Waals surface area (Å²) in [7, 11) is 0. The number of halogens is 1. The number of ether oxygens (including phenoxy) is 3. The molecular formula is C19H14ClNO6. The fourth-order valence-electron chi connectivity index (χ4n) is 2.99. The first-order valence-corrected chi connectivity index (χ1v) is 8.61. The Balaban J connectivity index is 1.33. The lowest BCUT2D eigenvalue weighted by Crippen LogP contribution is -2.32. The molecule has 0 saturated carbocycles. The van der Waals surface area contributed by atoms with Gasteiger partial charge in [-0.05, 0) is 29.8 Å². The molecule has 138 valence electrons. The maximum Gasteiger partial charge on any atom is 0.307 e. The largest absolute Gasteiger partial charge is 0.461 e. The molecule has 0 atom stereocenters. The zero-order valence-corrected chi connectivity index (χ0v) is 14.8. The average molecular weight is 388 g/mol. The molecule has 0 bridgehead atoms. The zero-order valence-electron chi connectivity index (χ0n) is 14.1. The summed E-state index contributed by atoms with van der Waals surface area (Å²) in [6, 6.07) is 9.89. The lowest BCUT2D eigenvalue weighted by Gasteiger charge is -2.13. The topological polar surface area (TPSA) is 82.1 Å². The van der Waals surface area contributed by atoms with Crippen molar-refractivity contribution in [2.45, 2.75) is 13.0 Å². The van der Waals surface area contributed by atoms with Gasteiger partial charge >= 0.3 is 5.97 Å². The van der Waals surface area contributed by atoms with Crippen molar-refractivity contribution in [2.75, 3.05) is 13.3 Å². The molecule has 2 heterocycles. The van der Waals surface area contributed by atoms with E-state index in [-0.39, 0.29) is 26.4 Å². The molecule has 4 rings (SSSR count). The van der Waals surface area contributed by atoms with Gasteiger partial charge in [-0.15, -0.1) is 0 Å². The maximum atomic E-state index is 12.3. The van der Waals surface area contributed by atoms with E-state index < -0.39 is 17.8 Å². The van der Waals surface area contributed by atoms with E-state index >= 15 is 0 Å². The van der Waals surface area contributed by atoms with Crippen LogP contribution in [0, 0.1) is 0 Å². The summed E-state index contributed by atoms with van der Waals surface area (Å²) >= 11 is 6.09. The molecular weight excluding hydrogens is 374 g/mol. The minimum atomic E-state index is -0.527. The number of fused-ring (bicyclic) bond motifs is 2. The molecule has 0 unspecified atom stereocenters. The van der Waals surface area contributed by atoms with E-state index in [1.807, 2.05) is 0 Å². The summed E-state index contributed by atoms with van der Waals surface area (Å²) < 4.78 is 15.7. The number of hydrogen-bond acceptors (Lipinski definition) is 6. The Morgan fingerprint density at radius 3 is 2.52 bits per heavy atom. The van der Waals surface area contributed by atoms with E-state index in [2.05, 4.69) is 0 Å². The number of carbonyl (C=O) groups is 3. The first-order valence-electron chi connectivity index (χ1n) is 8.23. The van der Waals surface area contributed by atoms with Gasteiger partial charge in [0, 0.05) is 6.54 Å². The Kier molecular flexibility index (Phi) is 4.45. The number of carbonyl (C=O) groups excluding carboxylic acids is 3. The predicted octanol–water partition coefficient (Wildman–Crippen LogP) is 2.80. The molecule has 0 N–H and O–H groups in total. The molecule has 2 amide bonds. The molecule has 27 heavy (non-hydrogen) atoms. The molecule has 2 aromatic rings. The standard InChI is InChI=1S/C19H14ClNO6/c20-14-7-11(8-15-17(14)27-10-26-15)9-25-16(22)5-6-21-18(23)12-3-1-2-4-13(12)19(21)24/h1-4,7-8H,5-6,9-10H2. The normalized spacial score (nSPS) is 14.5. The summed E-state index contributed by atoms with van der Waals surface area (Å²) in [6.07, 6.45) is -0.0935. The second-order valence-corrected chi connectivity index (χ2v) is 6.44. The Labute approximate surface area is 159 Å². The second-order valence-electron chi connectivity index (χ2n) is 6.03. The van der Waals surface area contributed by atoms with Crippen molar-refractivity contribution in [3.8, 4) is 11.5 Å². The van der Waals surface area contributed by atoms with Crippen LogP contribution in [0.3, 0.4) is 0 Å². The third kappa shape index (κ3) is 3.21. The average Bonchev–Trinajstić information content (AvgIpc) is 3.23. The van der Waals surface area contributed by atoms with Gasteiger partial charge < -0.3 is 14.2 Å². The van der Waals surface area contributed by atoms with Crippen LogP contribution in [0.15, 0.2) is 36.4 Å². The van der Waals surface area contributed by atoms with E-state index in [4.69, 9.17) is 25.8 Å². The Hall–Kier alpha value is -3.06. The smallest absolute Gasteiger partial charge is 0.307 e. The minimum absolute atomic E-state index is 0.00267. The van der Waals surface area contributed by atoms with Gasteiger partial charge in [-0.1, -0.05) is 23.7 Å². The van der Waals surface area contributed by atoms with Crippen molar-refractivity contribution in [2.24, 2.45) is 0 Å². The number of esters is 1. The number of nitrogens with zero attached hydrogens (tertiary/aromatic N) is 1. The highest BCUT2D eigenvalue weighted by Gasteiger charge is 2.35. The molecule has 0 saturated heterocycles. The fourth-order valence-corrected chi connectivity index (χ4v) is 3.27. The van der Waals surface area contributed by atoms with Gasteiger partial charge in [-0.3, -0.25) is 19.3 Å². The van der Waals surface area contributed by atoms with E-state index in [1.54, 1.807) is 36.4 Å².